The molecule has 4 rings (SSSR count). The summed E-state index contributed by atoms with van der Waals surface area (Å²) in [5, 5.41) is 4.12. The number of nitrogens with zero attached hydrogens (tertiary/aromatic N) is 5. The van der Waals surface area contributed by atoms with Gasteiger partial charge in [-0.3, -0.25) is 19.4 Å². The SMILES string of the molecule is C[C@@H](c1ccc(-n2cncn2)cc1)N(C)CN1C(=O)C(=O)c2ccccc21. The van der Waals surface area contributed by atoms with Crippen molar-refractivity contribution in [3.63, 3.8) is 0 Å². The Labute approximate surface area is 156 Å². The number of carbonyl (C=O) groups excluding carboxylic acids is 2. The van der Waals surface area contributed by atoms with Gasteiger partial charge < -0.3 is 0 Å². The van der Waals surface area contributed by atoms with Crippen molar-refractivity contribution < 1.29 is 9.59 Å². The van der Waals surface area contributed by atoms with E-state index in [0.717, 1.165) is 11.3 Å². The molecule has 0 saturated carbocycles. The Morgan fingerprint density at radius 3 is 2.52 bits per heavy atom. The van der Waals surface area contributed by atoms with E-state index in [9.17, 15) is 9.59 Å². The minimum Gasteiger partial charge on any atom is -0.291 e. The van der Waals surface area contributed by atoms with Crippen molar-refractivity contribution in [2.75, 3.05) is 18.6 Å². The molecule has 0 unspecified atom stereocenters. The number of para-hydroxylation sites is 1. The van der Waals surface area contributed by atoms with E-state index in [1.54, 1.807) is 23.1 Å². The molecule has 7 heteroatoms. The molecule has 0 fully saturated rings. The maximum Gasteiger partial charge on any atom is 0.300 e. The summed E-state index contributed by atoms with van der Waals surface area (Å²) in [5.41, 5.74) is 3.18. The highest BCUT2D eigenvalue weighted by Crippen LogP contribution is 2.30. The van der Waals surface area contributed by atoms with E-state index >= 15 is 0 Å². The van der Waals surface area contributed by atoms with Gasteiger partial charge in [-0.2, -0.15) is 5.10 Å². The fraction of sp³-hybridized carbons (Fsp3) is 0.200. The monoisotopic (exact) mass is 361 g/mol. The number of amides is 1. The molecule has 1 aliphatic rings. The van der Waals surface area contributed by atoms with Crippen LogP contribution >= 0.6 is 0 Å². The molecular formula is C20H19N5O2. The molecule has 0 spiro atoms. The summed E-state index contributed by atoms with van der Waals surface area (Å²) in [6.07, 6.45) is 3.15. The molecule has 27 heavy (non-hydrogen) atoms. The van der Waals surface area contributed by atoms with E-state index in [1.165, 1.54) is 11.2 Å². The summed E-state index contributed by atoms with van der Waals surface area (Å²) >= 11 is 0. The number of hydrogen-bond donors (Lipinski definition) is 0. The van der Waals surface area contributed by atoms with Gasteiger partial charge in [-0.05, 0) is 43.8 Å². The highest BCUT2D eigenvalue weighted by atomic mass is 16.2. The number of anilines is 1. The van der Waals surface area contributed by atoms with E-state index in [-0.39, 0.29) is 6.04 Å². The molecule has 0 bridgehead atoms. The van der Waals surface area contributed by atoms with Crippen LogP contribution in [0.3, 0.4) is 0 Å². The van der Waals surface area contributed by atoms with Gasteiger partial charge in [0.1, 0.15) is 12.7 Å². The molecule has 136 valence electrons. The van der Waals surface area contributed by atoms with Crippen LogP contribution in [0.2, 0.25) is 0 Å². The lowest BCUT2D eigenvalue weighted by Gasteiger charge is -2.29. The first kappa shape index (κ1) is 17.1. The third-order valence-corrected chi connectivity index (χ3v) is 4.96. The average Bonchev–Trinajstić information content (AvgIpc) is 3.32. The van der Waals surface area contributed by atoms with Gasteiger partial charge >= 0.3 is 5.91 Å². The second-order valence-electron chi connectivity index (χ2n) is 6.59. The Balaban J connectivity index is 1.51. The van der Waals surface area contributed by atoms with E-state index in [2.05, 4.69) is 17.0 Å². The van der Waals surface area contributed by atoms with Crippen molar-refractivity contribution in [2.24, 2.45) is 0 Å². The van der Waals surface area contributed by atoms with Crippen molar-refractivity contribution in [3.05, 3.63) is 72.3 Å². The molecule has 1 aromatic heterocycles. The van der Waals surface area contributed by atoms with Gasteiger partial charge in [-0.15, -0.1) is 0 Å². The van der Waals surface area contributed by atoms with Crippen molar-refractivity contribution in [1.82, 2.24) is 19.7 Å². The number of benzene rings is 2. The molecule has 0 radical (unpaired) electrons. The van der Waals surface area contributed by atoms with E-state index in [0.29, 0.717) is 17.9 Å². The molecule has 0 aliphatic carbocycles. The summed E-state index contributed by atoms with van der Waals surface area (Å²) in [6.45, 7) is 2.41. The predicted molar refractivity (Wildman–Crippen MR) is 101 cm³/mol. The van der Waals surface area contributed by atoms with E-state index in [1.807, 2.05) is 48.3 Å². The number of ketones is 1. The first-order valence-electron chi connectivity index (χ1n) is 8.66. The second-order valence-corrected chi connectivity index (χ2v) is 6.59. The third-order valence-electron chi connectivity index (χ3n) is 4.96. The molecule has 0 saturated heterocycles. The van der Waals surface area contributed by atoms with Gasteiger partial charge in [0.25, 0.3) is 5.78 Å². The lowest BCUT2D eigenvalue weighted by Crippen LogP contribution is -2.40. The van der Waals surface area contributed by atoms with Crippen molar-refractivity contribution >= 4 is 17.4 Å². The lowest BCUT2D eigenvalue weighted by atomic mass is 10.1. The summed E-state index contributed by atoms with van der Waals surface area (Å²) in [4.78, 5) is 32.1. The van der Waals surface area contributed by atoms with Crippen molar-refractivity contribution in [3.8, 4) is 5.69 Å². The number of Topliss-reactive ketones (excluding diaryl/α,β-unsaturated/α-hetero) is 1. The zero-order chi connectivity index (χ0) is 19.0. The Morgan fingerprint density at radius 2 is 1.81 bits per heavy atom. The quantitative estimate of drug-likeness (QED) is 0.653. The summed E-state index contributed by atoms with van der Waals surface area (Å²) in [7, 11) is 1.94. The largest absolute Gasteiger partial charge is 0.300 e. The van der Waals surface area contributed by atoms with Crippen LogP contribution in [0, 0.1) is 0 Å². The van der Waals surface area contributed by atoms with Gasteiger partial charge in [-0.1, -0.05) is 24.3 Å². The highest BCUT2D eigenvalue weighted by Gasteiger charge is 2.36. The van der Waals surface area contributed by atoms with Crippen LogP contribution in [0.4, 0.5) is 5.69 Å². The van der Waals surface area contributed by atoms with Gasteiger partial charge in [0.15, 0.2) is 0 Å². The molecule has 0 N–H and O–H groups in total. The number of carbonyl (C=O) groups is 2. The topological polar surface area (TPSA) is 71.3 Å². The van der Waals surface area contributed by atoms with Crippen molar-refractivity contribution in [1.29, 1.82) is 0 Å². The van der Waals surface area contributed by atoms with Crippen LogP contribution in [0.5, 0.6) is 0 Å². The summed E-state index contributed by atoms with van der Waals surface area (Å²) in [5.74, 6) is -0.916. The number of aromatic nitrogens is 3. The van der Waals surface area contributed by atoms with Crippen LogP contribution < -0.4 is 4.90 Å². The van der Waals surface area contributed by atoms with Gasteiger partial charge in [0.2, 0.25) is 0 Å². The maximum absolute atomic E-state index is 12.4. The second kappa shape index (κ2) is 6.77. The zero-order valence-electron chi connectivity index (χ0n) is 15.1. The normalized spacial score (nSPS) is 14.7. The smallest absolute Gasteiger partial charge is 0.291 e. The Hall–Kier alpha value is -3.32. The van der Waals surface area contributed by atoms with Crippen LogP contribution in [0.15, 0.2) is 61.2 Å². The molecule has 2 heterocycles. The first-order chi connectivity index (χ1) is 13.1. The van der Waals surface area contributed by atoms with Crippen LogP contribution in [-0.4, -0.2) is 45.1 Å². The Bertz CT molecular complexity index is 982. The Morgan fingerprint density at radius 1 is 1.07 bits per heavy atom. The molecule has 1 aliphatic heterocycles. The lowest BCUT2D eigenvalue weighted by molar-refractivity contribution is -0.114. The molecule has 1 atom stereocenters. The number of fused-ring (bicyclic) bond motifs is 1. The number of rotatable bonds is 5. The maximum atomic E-state index is 12.4. The van der Waals surface area contributed by atoms with E-state index in [4.69, 9.17) is 0 Å². The van der Waals surface area contributed by atoms with Crippen molar-refractivity contribution in [2.45, 2.75) is 13.0 Å². The molecular weight excluding hydrogens is 342 g/mol. The average molecular weight is 361 g/mol. The molecule has 1 amide bonds. The van der Waals surface area contributed by atoms with Gasteiger partial charge in [0.05, 0.1) is 23.6 Å². The van der Waals surface area contributed by atoms with Crippen LogP contribution in [0.25, 0.3) is 5.69 Å². The molecule has 7 nitrogen and oxygen atoms in total. The highest BCUT2D eigenvalue weighted by molar-refractivity contribution is 6.52. The van der Waals surface area contributed by atoms with Gasteiger partial charge in [-0.25, -0.2) is 9.67 Å². The third kappa shape index (κ3) is 3.02. The van der Waals surface area contributed by atoms with Crippen LogP contribution in [0.1, 0.15) is 28.9 Å². The van der Waals surface area contributed by atoms with E-state index < -0.39 is 11.7 Å². The molecule has 3 aromatic rings. The first-order valence-corrected chi connectivity index (χ1v) is 8.66. The van der Waals surface area contributed by atoms with Crippen LogP contribution in [-0.2, 0) is 4.79 Å². The predicted octanol–water partition coefficient (Wildman–Crippen LogP) is 2.45. The number of hydrogen-bond acceptors (Lipinski definition) is 5. The standard InChI is InChI=1S/C20H19N5O2/c1-14(15-7-9-16(10-8-15)25-12-21-11-22-25)23(2)13-24-18-6-4-3-5-17(18)19(26)20(24)27/h3-12,14H,13H2,1-2H3/t14-/m0/s1. The summed E-state index contributed by atoms with van der Waals surface area (Å²) < 4.78 is 1.70. The Kier molecular flexibility index (Phi) is 4.29. The zero-order valence-corrected chi connectivity index (χ0v) is 15.1. The summed E-state index contributed by atoms with van der Waals surface area (Å²) in [6, 6.07) is 15.2. The van der Waals surface area contributed by atoms with Gasteiger partial charge in [0, 0.05) is 6.04 Å². The minimum absolute atomic E-state index is 0.0606. The fourth-order valence-corrected chi connectivity index (χ4v) is 3.24. The molecule has 2 aromatic carbocycles. The fourth-order valence-electron chi connectivity index (χ4n) is 3.24. The minimum atomic E-state index is -0.475.